The number of anilines is 2. The molecule has 0 aliphatic rings. The van der Waals surface area contributed by atoms with Crippen LogP contribution < -0.4 is 20.3 Å². The highest BCUT2D eigenvalue weighted by Gasteiger charge is 2.27. The molecule has 0 bridgehead atoms. The van der Waals surface area contributed by atoms with Crippen molar-refractivity contribution >= 4 is 51.1 Å². The molecular formula is C41H35N5O4. The highest BCUT2D eigenvalue weighted by molar-refractivity contribution is 6.06. The molecule has 0 radical (unpaired) electrons. The van der Waals surface area contributed by atoms with E-state index in [2.05, 4.69) is 20.6 Å². The first-order valence-electron chi connectivity index (χ1n) is 16.5. The van der Waals surface area contributed by atoms with Crippen LogP contribution in [-0.2, 0) is 12.8 Å². The summed E-state index contributed by atoms with van der Waals surface area (Å²) in [6, 6.07) is 38.8. The molecule has 0 fully saturated rings. The molecule has 4 N–H and O–H groups in total. The quantitative estimate of drug-likeness (QED) is 0.113. The fourth-order valence-electron chi connectivity index (χ4n) is 6.14. The summed E-state index contributed by atoms with van der Waals surface area (Å²) in [4.78, 5) is 49.5. The van der Waals surface area contributed by atoms with Crippen molar-refractivity contribution in [2.24, 2.45) is 0 Å². The van der Waals surface area contributed by atoms with Crippen LogP contribution in [0.2, 0.25) is 0 Å². The average molecular weight is 662 g/mol. The maximum Gasteiger partial charge on any atom is 0.424 e. The molecule has 248 valence electrons. The standard InChI is InChI=1S/C41H35N5O4/c47-39(42-24-22-28-26-44-36-20-9-7-16-32(28)36)34-18-11-19-35(40(48)43-25-23-29-27-45-37-21-10-8-17-33(29)37)38(34)50-41(49)46(30-12-3-1-4-13-30)31-14-5-2-6-15-31/h1-21,26-27,44-45H,22-25H2,(H,42,47)(H,43,48). The smallest absolute Gasteiger partial charge is 0.408 e. The zero-order valence-corrected chi connectivity index (χ0v) is 27.2. The first-order chi connectivity index (χ1) is 24.6. The van der Waals surface area contributed by atoms with Crippen LogP contribution in [0.3, 0.4) is 0 Å². The van der Waals surface area contributed by atoms with Gasteiger partial charge < -0.3 is 25.3 Å². The second-order valence-electron chi connectivity index (χ2n) is 11.8. The van der Waals surface area contributed by atoms with Gasteiger partial charge in [0.2, 0.25) is 0 Å². The largest absolute Gasteiger partial charge is 0.424 e. The summed E-state index contributed by atoms with van der Waals surface area (Å²) in [5.41, 5.74) is 5.45. The highest BCUT2D eigenvalue weighted by atomic mass is 16.6. The average Bonchev–Trinajstić information content (AvgIpc) is 3.77. The maximum atomic E-state index is 14.1. The number of carbonyl (C=O) groups excluding carboxylic acids is 3. The van der Waals surface area contributed by atoms with Crippen molar-refractivity contribution in [2.75, 3.05) is 18.0 Å². The first kappa shape index (κ1) is 32.0. The van der Waals surface area contributed by atoms with Crippen molar-refractivity contribution in [1.29, 1.82) is 0 Å². The Morgan fingerprint density at radius 3 is 1.46 bits per heavy atom. The predicted molar refractivity (Wildman–Crippen MR) is 196 cm³/mol. The fourth-order valence-corrected chi connectivity index (χ4v) is 6.14. The third-order valence-corrected chi connectivity index (χ3v) is 8.61. The Hall–Kier alpha value is -6.61. The van der Waals surface area contributed by atoms with Gasteiger partial charge in [-0.3, -0.25) is 9.59 Å². The number of para-hydroxylation sites is 5. The lowest BCUT2D eigenvalue weighted by atomic mass is 10.1. The third kappa shape index (κ3) is 6.84. The van der Waals surface area contributed by atoms with Crippen LogP contribution in [0.1, 0.15) is 31.8 Å². The molecule has 0 spiro atoms. The maximum absolute atomic E-state index is 14.1. The number of rotatable bonds is 11. The molecule has 7 aromatic rings. The monoisotopic (exact) mass is 661 g/mol. The molecule has 0 atom stereocenters. The lowest BCUT2D eigenvalue weighted by molar-refractivity contribution is 0.0950. The molecule has 2 aromatic heterocycles. The van der Waals surface area contributed by atoms with Gasteiger partial charge >= 0.3 is 6.09 Å². The van der Waals surface area contributed by atoms with Crippen LogP contribution in [0.15, 0.2) is 140 Å². The molecule has 2 heterocycles. The van der Waals surface area contributed by atoms with Crippen molar-refractivity contribution in [2.45, 2.75) is 12.8 Å². The summed E-state index contributed by atoms with van der Waals surface area (Å²) >= 11 is 0. The minimum Gasteiger partial charge on any atom is -0.408 e. The molecule has 3 amide bonds. The van der Waals surface area contributed by atoms with Gasteiger partial charge in [0.15, 0.2) is 5.75 Å². The van der Waals surface area contributed by atoms with Gasteiger partial charge in [-0.25, -0.2) is 9.69 Å². The van der Waals surface area contributed by atoms with E-state index in [4.69, 9.17) is 4.74 Å². The van der Waals surface area contributed by atoms with E-state index in [1.807, 2.05) is 97.3 Å². The van der Waals surface area contributed by atoms with E-state index >= 15 is 0 Å². The number of aromatic amines is 2. The van der Waals surface area contributed by atoms with E-state index in [1.54, 1.807) is 42.5 Å². The lowest BCUT2D eigenvalue weighted by Gasteiger charge is -2.23. The van der Waals surface area contributed by atoms with Crippen molar-refractivity contribution in [3.8, 4) is 5.75 Å². The van der Waals surface area contributed by atoms with Gasteiger partial charge in [0, 0.05) is 47.3 Å². The first-order valence-corrected chi connectivity index (χ1v) is 16.5. The topological polar surface area (TPSA) is 119 Å². The number of amides is 3. The molecule has 0 saturated carbocycles. The van der Waals surface area contributed by atoms with Gasteiger partial charge in [-0.1, -0.05) is 78.9 Å². The van der Waals surface area contributed by atoms with E-state index in [0.29, 0.717) is 37.3 Å². The summed E-state index contributed by atoms with van der Waals surface area (Å²) < 4.78 is 6.07. The Morgan fingerprint density at radius 2 is 0.980 bits per heavy atom. The molecule has 50 heavy (non-hydrogen) atoms. The Kier molecular flexibility index (Phi) is 9.37. The van der Waals surface area contributed by atoms with Crippen LogP contribution in [0.25, 0.3) is 21.8 Å². The van der Waals surface area contributed by atoms with Crippen molar-refractivity contribution in [1.82, 2.24) is 20.6 Å². The highest BCUT2D eigenvalue weighted by Crippen LogP contribution is 2.30. The van der Waals surface area contributed by atoms with Gasteiger partial charge in [-0.2, -0.15) is 0 Å². The number of aromatic nitrogens is 2. The lowest BCUT2D eigenvalue weighted by Crippen LogP contribution is -2.33. The predicted octanol–water partition coefficient (Wildman–Crippen LogP) is 7.93. The number of fused-ring (bicyclic) bond motifs is 2. The van der Waals surface area contributed by atoms with E-state index in [9.17, 15) is 14.4 Å². The van der Waals surface area contributed by atoms with Crippen LogP contribution in [-0.4, -0.2) is 41.0 Å². The summed E-state index contributed by atoms with van der Waals surface area (Å²) in [6.07, 6.45) is 4.26. The molecule has 9 heteroatoms. The van der Waals surface area contributed by atoms with Gasteiger partial charge in [-0.05, 0) is 72.5 Å². The summed E-state index contributed by atoms with van der Waals surface area (Å²) in [5.74, 6) is -1.05. The molecule has 7 rings (SSSR count). The number of benzene rings is 5. The number of carbonyl (C=O) groups is 3. The van der Waals surface area contributed by atoms with Crippen molar-refractivity contribution in [3.05, 3.63) is 162 Å². The van der Waals surface area contributed by atoms with Crippen LogP contribution in [0.5, 0.6) is 5.75 Å². The number of hydrogen-bond acceptors (Lipinski definition) is 4. The number of nitrogens with one attached hydrogen (secondary N) is 4. The normalized spacial score (nSPS) is 11.0. The molecule has 0 saturated heterocycles. The Morgan fingerprint density at radius 1 is 0.540 bits per heavy atom. The Bertz CT molecular complexity index is 2130. The molecule has 0 aliphatic carbocycles. The number of H-pyrrole nitrogens is 2. The number of ether oxygens (including phenoxy) is 1. The molecule has 0 unspecified atom stereocenters. The van der Waals surface area contributed by atoms with E-state index in [0.717, 1.165) is 32.9 Å². The van der Waals surface area contributed by atoms with Crippen molar-refractivity contribution < 1.29 is 19.1 Å². The van der Waals surface area contributed by atoms with E-state index < -0.39 is 17.9 Å². The second kappa shape index (κ2) is 14.7. The molecule has 0 aliphatic heterocycles. The van der Waals surface area contributed by atoms with Gasteiger partial charge in [-0.15, -0.1) is 0 Å². The minimum absolute atomic E-state index is 0.0719. The van der Waals surface area contributed by atoms with Gasteiger partial charge in [0.1, 0.15) is 0 Å². The van der Waals surface area contributed by atoms with Crippen LogP contribution in [0.4, 0.5) is 16.2 Å². The SMILES string of the molecule is O=C(NCCc1c[nH]c2ccccc12)c1cccc(C(=O)NCCc2c[nH]c3ccccc23)c1OC(=O)N(c1ccccc1)c1ccccc1. The van der Waals surface area contributed by atoms with Crippen LogP contribution in [0, 0.1) is 0 Å². The minimum atomic E-state index is -0.769. The van der Waals surface area contributed by atoms with Crippen LogP contribution >= 0.6 is 0 Å². The molecule has 5 aromatic carbocycles. The summed E-state index contributed by atoms with van der Waals surface area (Å²) in [6.45, 7) is 0.657. The fraction of sp³-hybridized carbons (Fsp3) is 0.0976. The van der Waals surface area contributed by atoms with Gasteiger partial charge in [0.05, 0.1) is 22.5 Å². The molecule has 9 nitrogen and oxygen atoms in total. The van der Waals surface area contributed by atoms with Gasteiger partial charge in [0.25, 0.3) is 11.8 Å². The third-order valence-electron chi connectivity index (χ3n) is 8.61. The Labute approximate surface area is 288 Å². The molecular weight excluding hydrogens is 626 g/mol. The summed E-state index contributed by atoms with van der Waals surface area (Å²) in [7, 11) is 0. The van der Waals surface area contributed by atoms with Crippen molar-refractivity contribution in [3.63, 3.8) is 0 Å². The number of hydrogen-bond donors (Lipinski definition) is 4. The Balaban J connectivity index is 1.15. The zero-order chi connectivity index (χ0) is 34.3. The van der Waals surface area contributed by atoms with E-state index in [1.165, 1.54) is 4.90 Å². The zero-order valence-electron chi connectivity index (χ0n) is 27.2. The van der Waals surface area contributed by atoms with E-state index in [-0.39, 0.29) is 16.9 Å². The second-order valence-corrected chi connectivity index (χ2v) is 11.8. The number of nitrogens with zero attached hydrogens (tertiary/aromatic N) is 1. The summed E-state index contributed by atoms with van der Waals surface area (Å²) in [5, 5.41) is 8.10.